The van der Waals surface area contributed by atoms with E-state index in [-0.39, 0.29) is 5.69 Å². The third kappa shape index (κ3) is 2.68. The van der Waals surface area contributed by atoms with E-state index < -0.39 is 32.4 Å². The summed E-state index contributed by atoms with van der Waals surface area (Å²) in [7, 11) is -4.34. The normalized spacial score (nSPS) is 11.3. The molecule has 1 heterocycles. The molecule has 0 amide bonds. The van der Waals surface area contributed by atoms with Crippen LogP contribution in [0.4, 0.5) is 18.9 Å². The monoisotopic (exact) mass is 288 g/mol. The highest BCUT2D eigenvalue weighted by Gasteiger charge is 2.23. The number of anilines is 1. The molecule has 0 bridgehead atoms. The van der Waals surface area contributed by atoms with Gasteiger partial charge in [0.25, 0.3) is 10.0 Å². The van der Waals surface area contributed by atoms with Crippen molar-refractivity contribution in [2.24, 2.45) is 0 Å². The molecule has 0 aliphatic carbocycles. The van der Waals surface area contributed by atoms with Gasteiger partial charge in [-0.3, -0.25) is 9.71 Å². The van der Waals surface area contributed by atoms with Crippen LogP contribution in [0.5, 0.6) is 0 Å². The molecule has 2 rings (SSSR count). The van der Waals surface area contributed by atoms with Gasteiger partial charge in [-0.15, -0.1) is 0 Å². The lowest BCUT2D eigenvalue weighted by Crippen LogP contribution is -2.15. The van der Waals surface area contributed by atoms with Crippen molar-refractivity contribution in [2.75, 3.05) is 4.72 Å². The van der Waals surface area contributed by atoms with Gasteiger partial charge in [-0.1, -0.05) is 0 Å². The molecule has 1 aromatic carbocycles. The third-order valence-corrected chi connectivity index (χ3v) is 3.62. The lowest BCUT2D eigenvalue weighted by atomic mass is 10.3. The maximum Gasteiger partial charge on any atom is 0.264 e. The zero-order chi connectivity index (χ0) is 14.0. The van der Waals surface area contributed by atoms with E-state index in [9.17, 15) is 21.6 Å². The van der Waals surface area contributed by atoms with E-state index in [0.29, 0.717) is 12.1 Å². The van der Waals surface area contributed by atoms with Crippen molar-refractivity contribution in [3.63, 3.8) is 0 Å². The number of nitrogens with one attached hydrogen (secondary N) is 1. The summed E-state index contributed by atoms with van der Waals surface area (Å²) in [5.41, 5.74) is 0.124. The number of nitrogens with zero attached hydrogens (tertiary/aromatic N) is 1. The molecule has 0 aliphatic rings. The Morgan fingerprint density at radius 3 is 2.21 bits per heavy atom. The molecule has 1 aromatic heterocycles. The molecule has 0 unspecified atom stereocenters. The molecule has 0 atom stereocenters. The summed E-state index contributed by atoms with van der Waals surface area (Å²) in [6.45, 7) is 0. The number of hydrogen-bond acceptors (Lipinski definition) is 3. The minimum absolute atomic E-state index is 0.124. The van der Waals surface area contributed by atoms with Gasteiger partial charge in [0.15, 0.2) is 17.5 Å². The van der Waals surface area contributed by atoms with Gasteiger partial charge in [-0.25, -0.2) is 21.6 Å². The predicted octanol–water partition coefficient (Wildman–Crippen LogP) is 2.30. The first-order valence-corrected chi connectivity index (χ1v) is 6.46. The Kier molecular flexibility index (Phi) is 3.43. The molecule has 4 nitrogen and oxygen atoms in total. The van der Waals surface area contributed by atoms with Crippen LogP contribution in [0.3, 0.4) is 0 Å². The second-order valence-corrected chi connectivity index (χ2v) is 5.17. The Morgan fingerprint density at radius 2 is 1.58 bits per heavy atom. The molecule has 0 spiro atoms. The van der Waals surface area contributed by atoms with E-state index >= 15 is 0 Å². The van der Waals surface area contributed by atoms with Gasteiger partial charge in [-0.05, 0) is 24.3 Å². The van der Waals surface area contributed by atoms with Crippen molar-refractivity contribution < 1.29 is 21.6 Å². The van der Waals surface area contributed by atoms with Gasteiger partial charge in [0.2, 0.25) is 0 Å². The second-order valence-electron chi connectivity index (χ2n) is 3.51. The summed E-state index contributed by atoms with van der Waals surface area (Å²) >= 11 is 0. The molecule has 0 aliphatic heterocycles. The molecule has 100 valence electrons. The maximum atomic E-state index is 13.4. The molecule has 0 radical (unpaired) electrons. The zero-order valence-electron chi connectivity index (χ0n) is 9.27. The Balaban J connectivity index is 2.44. The van der Waals surface area contributed by atoms with Gasteiger partial charge in [-0.2, -0.15) is 0 Å². The number of pyridine rings is 1. The Morgan fingerprint density at radius 1 is 0.947 bits per heavy atom. The van der Waals surface area contributed by atoms with Crippen molar-refractivity contribution in [1.29, 1.82) is 0 Å². The van der Waals surface area contributed by atoms with Gasteiger partial charge < -0.3 is 0 Å². The molecular weight excluding hydrogens is 281 g/mol. The smallest absolute Gasteiger partial charge is 0.264 e. The first kappa shape index (κ1) is 13.3. The number of aromatic nitrogens is 1. The number of sulfonamides is 1. The third-order valence-electron chi connectivity index (χ3n) is 2.22. The second kappa shape index (κ2) is 4.88. The number of halogens is 3. The first-order chi connectivity index (χ1) is 8.92. The van der Waals surface area contributed by atoms with E-state index in [1.807, 2.05) is 4.72 Å². The van der Waals surface area contributed by atoms with E-state index in [0.717, 1.165) is 0 Å². The highest BCUT2D eigenvalue weighted by atomic mass is 32.2. The predicted molar refractivity (Wildman–Crippen MR) is 61.4 cm³/mol. The summed E-state index contributed by atoms with van der Waals surface area (Å²) in [6, 6.07) is 3.85. The van der Waals surface area contributed by atoms with Crippen molar-refractivity contribution in [3.05, 3.63) is 54.1 Å². The van der Waals surface area contributed by atoms with Crippen LogP contribution in [0.2, 0.25) is 0 Å². The molecule has 19 heavy (non-hydrogen) atoms. The summed E-state index contributed by atoms with van der Waals surface area (Å²) in [5, 5.41) is 0. The van der Waals surface area contributed by atoms with Crippen molar-refractivity contribution in [3.8, 4) is 0 Å². The lowest BCUT2D eigenvalue weighted by Gasteiger charge is -2.09. The van der Waals surface area contributed by atoms with Crippen LogP contribution in [-0.4, -0.2) is 13.4 Å². The van der Waals surface area contributed by atoms with Crippen LogP contribution in [0, 0.1) is 17.5 Å². The SMILES string of the molecule is O=S(=O)(Nc1ccncc1)c1ccc(F)c(F)c1F. The van der Waals surface area contributed by atoms with Crippen LogP contribution in [-0.2, 0) is 10.0 Å². The molecule has 1 N–H and O–H groups in total. The fourth-order valence-corrected chi connectivity index (χ4v) is 2.47. The maximum absolute atomic E-state index is 13.4. The Bertz CT molecular complexity index is 705. The minimum atomic E-state index is -4.34. The lowest BCUT2D eigenvalue weighted by molar-refractivity contribution is 0.432. The van der Waals surface area contributed by atoms with Crippen LogP contribution >= 0.6 is 0 Å². The molecule has 0 fully saturated rings. The van der Waals surface area contributed by atoms with E-state index in [1.54, 1.807) is 0 Å². The molecular formula is C11H7F3N2O2S. The van der Waals surface area contributed by atoms with Crippen molar-refractivity contribution in [1.82, 2.24) is 4.98 Å². The largest absolute Gasteiger partial charge is 0.279 e. The van der Waals surface area contributed by atoms with Crippen LogP contribution < -0.4 is 4.72 Å². The van der Waals surface area contributed by atoms with Crippen LogP contribution in [0.25, 0.3) is 0 Å². The first-order valence-electron chi connectivity index (χ1n) is 4.98. The van der Waals surface area contributed by atoms with Gasteiger partial charge in [0.05, 0.1) is 5.69 Å². The van der Waals surface area contributed by atoms with E-state index in [4.69, 9.17) is 0 Å². The highest BCUT2D eigenvalue weighted by Crippen LogP contribution is 2.21. The number of rotatable bonds is 3. The van der Waals surface area contributed by atoms with Crippen molar-refractivity contribution in [2.45, 2.75) is 4.90 Å². The van der Waals surface area contributed by atoms with Gasteiger partial charge in [0.1, 0.15) is 4.90 Å². The standard InChI is InChI=1S/C11H7F3N2O2S/c12-8-1-2-9(11(14)10(8)13)19(17,18)16-7-3-5-15-6-4-7/h1-6H,(H,15,16). The molecule has 2 aromatic rings. The summed E-state index contributed by atoms with van der Waals surface area (Å²) < 4.78 is 64.8. The van der Waals surface area contributed by atoms with E-state index in [2.05, 4.69) is 4.98 Å². The molecule has 0 saturated carbocycles. The number of benzene rings is 1. The zero-order valence-corrected chi connectivity index (χ0v) is 10.1. The Labute approximate surface area is 107 Å². The Hall–Kier alpha value is -2.09. The topological polar surface area (TPSA) is 59.1 Å². The van der Waals surface area contributed by atoms with Crippen LogP contribution in [0.1, 0.15) is 0 Å². The fraction of sp³-hybridized carbons (Fsp3) is 0. The van der Waals surface area contributed by atoms with Gasteiger partial charge >= 0.3 is 0 Å². The summed E-state index contributed by atoms with van der Waals surface area (Å²) in [4.78, 5) is 2.70. The average Bonchev–Trinajstić information content (AvgIpc) is 2.36. The molecule has 0 saturated heterocycles. The summed E-state index contributed by atoms with van der Waals surface area (Å²) in [5.74, 6) is -5.06. The quantitative estimate of drug-likeness (QED) is 0.882. The molecule has 8 heteroatoms. The summed E-state index contributed by atoms with van der Waals surface area (Å²) in [6.07, 6.45) is 2.64. The van der Waals surface area contributed by atoms with Gasteiger partial charge in [0, 0.05) is 12.4 Å². The van der Waals surface area contributed by atoms with Crippen LogP contribution in [0.15, 0.2) is 41.6 Å². The average molecular weight is 288 g/mol. The van der Waals surface area contributed by atoms with Crippen molar-refractivity contribution >= 4 is 15.7 Å². The van der Waals surface area contributed by atoms with E-state index in [1.165, 1.54) is 24.5 Å². The minimum Gasteiger partial charge on any atom is -0.279 e. The highest BCUT2D eigenvalue weighted by molar-refractivity contribution is 7.92. The fourth-order valence-electron chi connectivity index (χ4n) is 1.35. The number of hydrogen-bond donors (Lipinski definition) is 1.